The van der Waals surface area contributed by atoms with Gasteiger partial charge in [-0.2, -0.15) is 0 Å². The summed E-state index contributed by atoms with van der Waals surface area (Å²) in [6.45, 7) is 0. The van der Waals surface area contributed by atoms with Gasteiger partial charge in [0.05, 0.1) is 26.3 Å². The van der Waals surface area contributed by atoms with E-state index in [9.17, 15) is 15.2 Å². The largest absolute Gasteiger partial charge is 0.493 e. The average molecular weight is 319 g/mol. The van der Waals surface area contributed by atoms with Crippen LogP contribution in [-0.2, 0) is 0 Å². The van der Waals surface area contributed by atoms with Gasteiger partial charge in [0.15, 0.2) is 17.2 Å². The third kappa shape index (κ3) is 3.35. The van der Waals surface area contributed by atoms with Crippen molar-refractivity contribution < 1.29 is 24.2 Å². The molecule has 2 aromatic rings. The molecule has 0 bridgehead atoms. The summed E-state index contributed by atoms with van der Waals surface area (Å²) in [5.74, 6) is 1.12. The minimum absolute atomic E-state index is 0.0898. The van der Waals surface area contributed by atoms with Crippen LogP contribution in [-0.4, -0.2) is 31.4 Å². The van der Waals surface area contributed by atoms with Gasteiger partial charge in [-0.15, -0.1) is 0 Å². The Hall–Kier alpha value is -2.80. The molecule has 0 aliphatic heterocycles. The molecule has 1 N–H and O–H groups in total. The van der Waals surface area contributed by atoms with Crippen molar-refractivity contribution in [3.05, 3.63) is 57.6 Å². The second kappa shape index (κ2) is 6.97. The topological polar surface area (TPSA) is 91.1 Å². The number of aliphatic hydroxyl groups excluding tert-OH is 1. The van der Waals surface area contributed by atoms with Crippen molar-refractivity contribution in [3.63, 3.8) is 0 Å². The summed E-state index contributed by atoms with van der Waals surface area (Å²) in [6.07, 6.45) is -0.982. The Morgan fingerprint density at radius 3 is 1.96 bits per heavy atom. The number of aliphatic hydroxyl groups is 1. The lowest BCUT2D eigenvalue weighted by Gasteiger charge is -2.15. The zero-order valence-electron chi connectivity index (χ0n) is 13.0. The summed E-state index contributed by atoms with van der Waals surface area (Å²) >= 11 is 0. The first-order chi connectivity index (χ1) is 11.0. The van der Waals surface area contributed by atoms with E-state index in [4.69, 9.17) is 14.2 Å². The molecule has 0 fully saturated rings. The van der Waals surface area contributed by atoms with E-state index in [1.54, 1.807) is 18.2 Å². The monoisotopic (exact) mass is 319 g/mol. The molecular weight excluding hydrogens is 302 g/mol. The molecule has 0 saturated heterocycles. The molecule has 0 unspecified atom stereocenters. The van der Waals surface area contributed by atoms with Crippen LogP contribution >= 0.6 is 0 Å². The molecule has 7 heteroatoms. The van der Waals surface area contributed by atoms with E-state index in [-0.39, 0.29) is 11.4 Å². The summed E-state index contributed by atoms with van der Waals surface area (Å²) in [5, 5.41) is 21.4. The van der Waals surface area contributed by atoms with E-state index in [0.717, 1.165) is 0 Å². The summed E-state index contributed by atoms with van der Waals surface area (Å²) in [5.41, 5.74) is 0.883. The lowest BCUT2D eigenvalue weighted by Crippen LogP contribution is -2.02. The number of methoxy groups -OCH3 is 3. The number of nitro benzene ring substituents is 1. The van der Waals surface area contributed by atoms with Crippen molar-refractivity contribution in [3.8, 4) is 17.2 Å². The highest BCUT2D eigenvalue weighted by molar-refractivity contribution is 5.51. The van der Waals surface area contributed by atoms with Crippen LogP contribution in [0.4, 0.5) is 5.69 Å². The molecule has 0 saturated carbocycles. The van der Waals surface area contributed by atoms with Crippen molar-refractivity contribution in [2.45, 2.75) is 6.10 Å². The Morgan fingerprint density at radius 2 is 1.43 bits per heavy atom. The first-order valence-electron chi connectivity index (χ1n) is 6.74. The van der Waals surface area contributed by atoms with Crippen LogP contribution in [0.1, 0.15) is 17.2 Å². The zero-order chi connectivity index (χ0) is 17.0. The summed E-state index contributed by atoms with van der Waals surface area (Å²) in [7, 11) is 4.37. The Morgan fingerprint density at radius 1 is 0.913 bits per heavy atom. The lowest BCUT2D eigenvalue weighted by atomic mass is 10.0. The van der Waals surface area contributed by atoms with E-state index in [0.29, 0.717) is 22.6 Å². The fourth-order valence-corrected chi connectivity index (χ4v) is 2.23. The van der Waals surface area contributed by atoms with Crippen LogP contribution in [0.15, 0.2) is 36.4 Å². The van der Waals surface area contributed by atoms with Crippen molar-refractivity contribution in [1.82, 2.24) is 0 Å². The van der Waals surface area contributed by atoms with Gasteiger partial charge >= 0.3 is 5.69 Å². The van der Waals surface area contributed by atoms with Crippen molar-refractivity contribution >= 4 is 5.69 Å². The molecule has 23 heavy (non-hydrogen) atoms. The number of ether oxygens (including phenoxy) is 3. The quantitative estimate of drug-likeness (QED) is 0.650. The maximum Gasteiger partial charge on any atom is 0.310 e. The van der Waals surface area contributed by atoms with Crippen molar-refractivity contribution in [1.29, 1.82) is 0 Å². The Balaban J connectivity index is 2.40. The second-order valence-corrected chi connectivity index (χ2v) is 4.71. The average Bonchev–Trinajstić information content (AvgIpc) is 2.59. The number of nitrogens with zero attached hydrogens (tertiary/aromatic N) is 1. The Labute approximate surface area is 133 Å². The first kappa shape index (κ1) is 16.6. The van der Waals surface area contributed by atoms with Gasteiger partial charge in [-0.3, -0.25) is 10.1 Å². The highest BCUT2D eigenvalue weighted by atomic mass is 16.6. The molecule has 2 rings (SSSR count). The smallest absolute Gasteiger partial charge is 0.310 e. The fourth-order valence-electron chi connectivity index (χ4n) is 2.23. The van der Waals surface area contributed by atoms with Gasteiger partial charge in [0.1, 0.15) is 6.10 Å². The molecule has 0 spiro atoms. The predicted octanol–water partition coefficient (Wildman–Crippen LogP) is 2.70. The maximum atomic E-state index is 10.9. The number of rotatable bonds is 6. The van der Waals surface area contributed by atoms with Gasteiger partial charge in [-0.25, -0.2) is 0 Å². The SMILES string of the molecule is COc1ccc([C@H](O)c2ccc([N+](=O)[O-])c(OC)c2)cc1OC. The summed E-state index contributed by atoms with van der Waals surface area (Å²) in [6, 6.07) is 9.26. The molecule has 0 amide bonds. The third-order valence-corrected chi connectivity index (χ3v) is 3.44. The molecule has 2 aromatic carbocycles. The highest BCUT2D eigenvalue weighted by Crippen LogP contribution is 2.35. The lowest BCUT2D eigenvalue weighted by molar-refractivity contribution is -0.385. The Bertz CT molecular complexity index is 716. The summed E-state index contributed by atoms with van der Waals surface area (Å²) < 4.78 is 15.4. The molecule has 7 nitrogen and oxygen atoms in total. The van der Waals surface area contributed by atoms with Crippen LogP contribution in [0.5, 0.6) is 17.2 Å². The minimum atomic E-state index is -0.982. The molecule has 0 aromatic heterocycles. The minimum Gasteiger partial charge on any atom is -0.493 e. The van der Waals surface area contributed by atoms with Gasteiger partial charge in [0.25, 0.3) is 0 Å². The van der Waals surface area contributed by atoms with Gasteiger partial charge < -0.3 is 19.3 Å². The van der Waals surface area contributed by atoms with Gasteiger partial charge in [0.2, 0.25) is 0 Å². The van der Waals surface area contributed by atoms with Crippen LogP contribution < -0.4 is 14.2 Å². The molecule has 0 aliphatic rings. The van der Waals surface area contributed by atoms with E-state index >= 15 is 0 Å². The summed E-state index contributed by atoms with van der Waals surface area (Å²) in [4.78, 5) is 10.4. The number of hydrogen-bond acceptors (Lipinski definition) is 6. The highest BCUT2D eigenvalue weighted by Gasteiger charge is 2.19. The van der Waals surface area contributed by atoms with Crippen molar-refractivity contribution in [2.24, 2.45) is 0 Å². The maximum absolute atomic E-state index is 10.9. The third-order valence-electron chi connectivity index (χ3n) is 3.44. The van der Waals surface area contributed by atoms with Crippen molar-refractivity contribution in [2.75, 3.05) is 21.3 Å². The standard InChI is InChI=1S/C16H17NO6/c1-21-13-7-5-11(9-15(13)23-3)16(18)10-4-6-12(17(19)20)14(8-10)22-2/h4-9,16,18H,1-3H3/t16-/m1/s1. The van der Waals surface area contributed by atoms with Crippen LogP contribution in [0.25, 0.3) is 0 Å². The van der Waals surface area contributed by atoms with E-state index in [2.05, 4.69) is 0 Å². The molecular formula is C16H17NO6. The van der Waals surface area contributed by atoms with Crippen LogP contribution in [0.3, 0.4) is 0 Å². The van der Waals surface area contributed by atoms with E-state index in [1.807, 2.05) is 0 Å². The zero-order valence-corrected chi connectivity index (χ0v) is 13.0. The van der Waals surface area contributed by atoms with Crippen LogP contribution in [0.2, 0.25) is 0 Å². The van der Waals surface area contributed by atoms with Crippen LogP contribution in [0, 0.1) is 10.1 Å². The number of benzene rings is 2. The number of hydrogen-bond donors (Lipinski definition) is 1. The second-order valence-electron chi connectivity index (χ2n) is 4.71. The number of nitro groups is 1. The predicted molar refractivity (Wildman–Crippen MR) is 83.3 cm³/mol. The fraction of sp³-hybridized carbons (Fsp3) is 0.250. The van der Waals surface area contributed by atoms with E-state index in [1.165, 1.54) is 39.5 Å². The van der Waals surface area contributed by atoms with Gasteiger partial charge in [-0.1, -0.05) is 6.07 Å². The molecule has 122 valence electrons. The molecule has 0 aliphatic carbocycles. The molecule has 1 atom stereocenters. The van der Waals surface area contributed by atoms with Gasteiger partial charge in [0, 0.05) is 6.07 Å². The van der Waals surface area contributed by atoms with E-state index < -0.39 is 11.0 Å². The Kier molecular flexibility index (Phi) is 5.02. The normalized spacial score (nSPS) is 11.7. The van der Waals surface area contributed by atoms with Gasteiger partial charge in [-0.05, 0) is 35.4 Å². The first-order valence-corrected chi connectivity index (χ1v) is 6.74. The molecule has 0 heterocycles. The molecule has 0 radical (unpaired) electrons.